The third-order valence-corrected chi connectivity index (χ3v) is 1.92. The van der Waals surface area contributed by atoms with Gasteiger partial charge in [-0.05, 0) is 43.1 Å². The molecule has 0 radical (unpaired) electrons. The third-order valence-electron chi connectivity index (χ3n) is 1.92. The van der Waals surface area contributed by atoms with Crippen LogP contribution in [0.25, 0.3) is 0 Å². The fourth-order valence-corrected chi connectivity index (χ4v) is 1.76. The number of hydrogen-bond acceptors (Lipinski definition) is 1. The molecule has 0 aromatic carbocycles. The van der Waals surface area contributed by atoms with Crippen molar-refractivity contribution in [3.05, 3.63) is 0 Å². The second kappa shape index (κ2) is 4.80. The Morgan fingerprint density at radius 2 is 1.75 bits per heavy atom. The summed E-state index contributed by atoms with van der Waals surface area (Å²) in [7, 11) is 0. The summed E-state index contributed by atoms with van der Waals surface area (Å²) in [5.41, 5.74) is -0.617. The van der Waals surface area contributed by atoms with Crippen LogP contribution in [0.15, 0.2) is 0 Å². The first-order chi connectivity index (χ1) is 5.37. The lowest BCUT2D eigenvalue weighted by Gasteiger charge is -2.24. The normalized spacial score (nSPS) is 15.2. The van der Waals surface area contributed by atoms with Crippen LogP contribution in [0, 0.1) is 11.8 Å². The zero-order valence-corrected chi connectivity index (χ0v) is 8.86. The first kappa shape index (κ1) is 11.9. The molecule has 0 saturated heterocycles. The molecule has 0 aliphatic heterocycles. The van der Waals surface area contributed by atoms with Gasteiger partial charge in [0.05, 0.1) is 0 Å². The SMILES string of the molecule is CC(C)CC(C)CC(C)(C)OF. The van der Waals surface area contributed by atoms with Gasteiger partial charge in [-0.2, -0.15) is 4.94 Å². The Kier molecular flexibility index (Phi) is 4.76. The van der Waals surface area contributed by atoms with E-state index in [2.05, 4.69) is 25.7 Å². The first-order valence-corrected chi connectivity index (χ1v) is 4.67. The average molecular weight is 176 g/mol. The summed E-state index contributed by atoms with van der Waals surface area (Å²) in [5.74, 6) is 1.20. The minimum absolute atomic E-state index is 0.524. The van der Waals surface area contributed by atoms with E-state index in [0.717, 1.165) is 12.8 Å². The van der Waals surface area contributed by atoms with Crippen LogP contribution in [0.1, 0.15) is 47.5 Å². The van der Waals surface area contributed by atoms with E-state index in [4.69, 9.17) is 0 Å². The molecule has 0 rings (SSSR count). The number of hydrogen-bond donors (Lipinski definition) is 0. The Bertz CT molecular complexity index is 121. The summed E-state index contributed by atoms with van der Waals surface area (Å²) in [6, 6.07) is 0. The molecule has 0 spiro atoms. The van der Waals surface area contributed by atoms with Gasteiger partial charge in [-0.3, -0.25) is 0 Å². The first-order valence-electron chi connectivity index (χ1n) is 4.67. The summed E-state index contributed by atoms with van der Waals surface area (Å²) >= 11 is 0. The van der Waals surface area contributed by atoms with Crippen LogP contribution in [-0.4, -0.2) is 5.60 Å². The smallest absolute Gasteiger partial charge is 0.104 e. The van der Waals surface area contributed by atoms with Crippen LogP contribution < -0.4 is 0 Å². The van der Waals surface area contributed by atoms with Crippen LogP contribution in [-0.2, 0) is 4.94 Å². The molecule has 0 heterocycles. The monoisotopic (exact) mass is 176 g/mol. The predicted octanol–water partition coefficient (Wildman–Crippen LogP) is 3.74. The van der Waals surface area contributed by atoms with Crippen molar-refractivity contribution in [2.24, 2.45) is 11.8 Å². The molecule has 74 valence electrons. The Balaban J connectivity index is 3.75. The van der Waals surface area contributed by atoms with Crippen molar-refractivity contribution in [1.29, 1.82) is 0 Å². The lowest BCUT2D eigenvalue weighted by Crippen LogP contribution is -2.24. The molecule has 0 bridgehead atoms. The molecule has 0 aliphatic rings. The molecular weight excluding hydrogens is 155 g/mol. The van der Waals surface area contributed by atoms with E-state index in [1.807, 2.05) is 0 Å². The van der Waals surface area contributed by atoms with E-state index < -0.39 is 5.60 Å². The molecule has 2 heteroatoms. The van der Waals surface area contributed by atoms with E-state index in [1.54, 1.807) is 13.8 Å². The quantitative estimate of drug-likeness (QED) is 0.620. The second-order valence-electron chi connectivity index (χ2n) is 4.78. The zero-order valence-electron chi connectivity index (χ0n) is 8.86. The molecule has 0 fully saturated rings. The van der Waals surface area contributed by atoms with Gasteiger partial charge in [0.1, 0.15) is 5.60 Å². The molecule has 1 atom stereocenters. The topological polar surface area (TPSA) is 9.23 Å². The van der Waals surface area contributed by atoms with E-state index in [-0.39, 0.29) is 0 Å². The molecule has 1 nitrogen and oxygen atoms in total. The van der Waals surface area contributed by atoms with Gasteiger partial charge in [0.25, 0.3) is 0 Å². The van der Waals surface area contributed by atoms with Crippen molar-refractivity contribution in [3.8, 4) is 0 Å². The largest absolute Gasteiger partial charge is 0.188 e. The molecule has 0 aromatic rings. The van der Waals surface area contributed by atoms with Gasteiger partial charge in [0, 0.05) is 0 Å². The summed E-state index contributed by atoms with van der Waals surface area (Å²) in [5, 5.41) is 0. The van der Waals surface area contributed by atoms with Gasteiger partial charge < -0.3 is 0 Å². The highest BCUT2D eigenvalue weighted by Gasteiger charge is 2.23. The maximum absolute atomic E-state index is 12.0. The second-order valence-corrected chi connectivity index (χ2v) is 4.78. The predicted molar refractivity (Wildman–Crippen MR) is 49.5 cm³/mol. The zero-order chi connectivity index (χ0) is 9.78. The van der Waals surface area contributed by atoms with Gasteiger partial charge >= 0.3 is 0 Å². The molecule has 0 aromatic heterocycles. The van der Waals surface area contributed by atoms with E-state index in [1.165, 1.54) is 0 Å². The standard InChI is InChI=1S/C10H21FO/c1-8(2)6-9(3)7-10(4,5)12-11/h8-9H,6-7H2,1-5H3. The van der Waals surface area contributed by atoms with Crippen molar-refractivity contribution in [2.45, 2.75) is 53.1 Å². The number of halogens is 1. The average Bonchev–Trinajstić information content (AvgIpc) is 1.84. The molecule has 0 saturated carbocycles. The summed E-state index contributed by atoms with van der Waals surface area (Å²) in [6.45, 7) is 10.1. The highest BCUT2D eigenvalue weighted by molar-refractivity contribution is 4.71. The van der Waals surface area contributed by atoms with Gasteiger partial charge in [0.2, 0.25) is 0 Å². The highest BCUT2D eigenvalue weighted by atomic mass is 19.3. The van der Waals surface area contributed by atoms with E-state index in [0.29, 0.717) is 11.8 Å². The van der Waals surface area contributed by atoms with Crippen molar-refractivity contribution in [3.63, 3.8) is 0 Å². The molecule has 12 heavy (non-hydrogen) atoms. The van der Waals surface area contributed by atoms with Crippen LogP contribution >= 0.6 is 0 Å². The third kappa shape index (κ3) is 5.53. The van der Waals surface area contributed by atoms with Crippen molar-refractivity contribution >= 4 is 0 Å². The minimum atomic E-state index is -0.617. The Labute approximate surface area is 75.2 Å². The molecule has 0 amide bonds. The van der Waals surface area contributed by atoms with Crippen LogP contribution in [0.4, 0.5) is 4.53 Å². The summed E-state index contributed by atoms with van der Waals surface area (Å²) in [4.78, 5) is 3.89. The maximum Gasteiger partial charge on any atom is 0.104 e. The summed E-state index contributed by atoms with van der Waals surface area (Å²) < 4.78 is 12.0. The molecule has 1 unspecified atom stereocenters. The fraction of sp³-hybridized carbons (Fsp3) is 1.00. The lowest BCUT2D eigenvalue weighted by molar-refractivity contribution is -0.228. The fourth-order valence-electron chi connectivity index (χ4n) is 1.76. The Morgan fingerprint density at radius 3 is 2.08 bits per heavy atom. The Morgan fingerprint density at radius 1 is 1.25 bits per heavy atom. The molecule has 0 N–H and O–H groups in total. The van der Waals surface area contributed by atoms with Gasteiger partial charge in [-0.15, -0.1) is 0 Å². The van der Waals surface area contributed by atoms with Gasteiger partial charge in [-0.25, -0.2) is 0 Å². The van der Waals surface area contributed by atoms with Crippen LogP contribution in [0.5, 0.6) is 0 Å². The van der Waals surface area contributed by atoms with Crippen molar-refractivity contribution in [1.82, 2.24) is 0 Å². The van der Waals surface area contributed by atoms with Crippen molar-refractivity contribution in [2.75, 3.05) is 0 Å². The maximum atomic E-state index is 12.0. The van der Waals surface area contributed by atoms with Crippen molar-refractivity contribution < 1.29 is 9.47 Å². The lowest BCUT2D eigenvalue weighted by atomic mass is 9.89. The number of rotatable bonds is 5. The van der Waals surface area contributed by atoms with Crippen LogP contribution in [0.2, 0.25) is 0 Å². The molecule has 0 aliphatic carbocycles. The Hall–Kier alpha value is -0.110. The van der Waals surface area contributed by atoms with Gasteiger partial charge in [0.15, 0.2) is 0 Å². The van der Waals surface area contributed by atoms with Gasteiger partial charge in [-0.1, -0.05) is 20.8 Å². The molecular formula is C10H21FO. The van der Waals surface area contributed by atoms with Crippen LogP contribution in [0.3, 0.4) is 0 Å². The van der Waals surface area contributed by atoms with E-state index >= 15 is 0 Å². The highest BCUT2D eigenvalue weighted by Crippen LogP contribution is 2.24. The van der Waals surface area contributed by atoms with E-state index in [9.17, 15) is 4.53 Å². The summed E-state index contributed by atoms with van der Waals surface area (Å²) in [6.07, 6.45) is 1.91. The minimum Gasteiger partial charge on any atom is -0.188 e.